The normalized spacial score (nSPS) is 10.1. The number of para-hydroxylation sites is 1. The number of carbonyl (C=O) groups excluding carboxylic acids is 1. The summed E-state index contributed by atoms with van der Waals surface area (Å²) in [6, 6.07) is 16.5. The van der Waals surface area contributed by atoms with Crippen LogP contribution in [0.5, 0.6) is 11.5 Å². The maximum Gasteiger partial charge on any atom is 0.338 e. The van der Waals surface area contributed by atoms with E-state index in [4.69, 9.17) is 9.47 Å². The van der Waals surface area contributed by atoms with Crippen molar-refractivity contribution in [2.24, 2.45) is 0 Å². The van der Waals surface area contributed by atoms with E-state index in [9.17, 15) is 4.79 Å². The molecule has 2 aromatic carbocycles. The molecular formula is C17H18O3. The minimum Gasteiger partial charge on any atom is -0.462 e. The van der Waals surface area contributed by atoms with Crippen LogP contribution in [0, 0.1) is 0 Å². The molecule has 2 rings (SSSR count). The lowest BCUT2D eigenvalue weighted by atomic mass is 10.2. The summed E-state index contributed by atoms with van der Waals surface area (Å²) >= 11 is 0. The molecule has 0 N–H and O–H groups in total. The molecule has 3 nitrogen and oxygen atoms in total. The van der Waals surface area contributed by atoms with Gasteiger partial charge in [-0.3, -0.25) is 0 Å². The monoisotopic (exact) mass is 270 g/mol. The number of unbranched alkanes of at least 4 members (excludes halogenated alkanes) is 1. The summed E-state index contributed by atoms with van der Waals surface area (Å²) in [5.41, 5.74) is 0.509. The highest BCUT2D eigenvalue weighted by molar-refractivity contribution is 5.89. The number of hydrogen-bond acceptors (Lipinski definition) is 3. The van der Waals surface area contributed by atoms with Crippen molar-refractivity contribution in [2.75, 3.05) is 6.61 Å². The average molecular weight is 270 g/mol. The first-order valence-electron chi connectivity index (χ1n) is 6.79. The van der Waals surface area contributed by atoms with E-state index in [-0.39, 0.29) is 5.97 Å². The van der Waals surface area contributed by atoms with E-state index in [2.05, 4.69) is 6.92 Å². The highest BCUT2D eigenvalue weighted by Crippen LogP contribution is 2.22. The zero-order chi connectivity index (χ0) is 14.2. The predicted molar refractivity (Wildman–Crippen MR) is 78.1 cm³/mol. The van der Waals surface area contributed by atoms with Gasteiger partial charge in [-0.2, -0.15) is 0 Å². The van der Waals surface area contributed by atoms with E-state index in [0.29, 0.717) is 17.9 Å². The fraction of sp³-hybridized carbons (Fsp3) is 0.235. The molecule has 20 heavy (non-hydrogen) atoms. The standard InChI is InChI=1S/C17H18O3/c1-2-3-12-19-17(18)14-8-7-11-16(13-14)20-15-9-5-4-6-10-15/h4-11,13H,2-3,12H2,1H3. The van der Waals surface area contributed by atoms with Crippen LogP contribution in [0.15, 0.2) is 54.6 Å². The van der Waals surface area contributed by atoms with Gasteiger partial charge in [0.1, 0.15) is 11.5 Å². The quantitative estimate of drug-likeness (QED) is 0.575. The first kappa shape index (κ1) is 14.1. The highest BCUT2D eigenvalue weighted by atomic mass is 16.5. The topological polar surface area (TPSA) is 35.5 Å². The number of rotatable bonds is 6. The van der Waals surface area contributed by atoms with E-state index in [0.717, 1.165) is 18.6 Å². The van der Waals surface area contributed by atoms with E-state index in [1.807, 2.05) is 36.4 Å². The highest BCUT2D eigenvalue weighted by Gasteiger charge is 2.08. The van der Waals surface area contributed by atoms with Gasteiger partial charge in [-0.15, -0.1) is 0 Å². The molecule has 0 aliphatic rings. The van der Waals surface area contributed by atoms with Crippen molar-refractivity contribution in [2.45, 2.75) is 19.8 Å². The second kappa shape index (κ2) is 7.34. The minimum atomic E-state index is -0.308. The van der Waals surface area contributed by atoms with Crippen molar-refractivity contribution in [1.82, 2.24) is 0 Å². The Balaban J connectivity index is 2.02. The number of carbonyl (C=O) groups is 1. The Morgan fingerprint density at radius 3 is 2.50 bits per heavy atom. The third kappa shape index (κ3) is 4.12. The Labute approximate surface area is 119 Å². The Morgan fingerprint density at radius 1 is 1.00 bits per heavy atom. The van der Waals surface area contributed by atoms with Gasteiger partial charge in [-0.05, 0) is 36.8 Å². The molecule has 0 heterocycles. The van der Waals surface area contributed by atoms with Crippen LogP contribution >= 0.6 is 0 Å². The Kier molecular flexibility index (Phi) is 5.18. The summed E-state index contributed by atoms with van der Waals surface area (Å²) in [4.78, 5) is 11.8. The second-order valence-electron chi connectivity index (χ2n) is 4.43. The van der Waals surface area contributed by atoms with Crippen LogP contribution in [0.1, 0.15) is 30.1 Å². The second-order valence-corrected chi connectivity index (χ2v) is 4.43. The van der Waals surface area contributed by atoms with Crippen LogP contribution in [0.3, 0.4) is 0 Å². The van der Waals surface area contributed by atoms with E-state index in [1.54, 1.807) is 18.2 Å². The van der Waals surface area contributed by atoms with E-state index >= 15 is 0 Å². The summed E-state index contributed by atoms with van der Waals surface area (Å²) in [7, 11) is 0. The molecule has 0 unspecified atom stereocenters. The molecule has 0 atom stereocenters. The fourth-order valence-electron chi connectivity index (χ4n) is 1.70. The van der Waals surface area contributed by atoms with Gasteiger partial charge >= 0.3 is 5.97 Å². The van der Waals surface area contributed by atoms with Crippen molar-refractivity contribution < 1.29 is 14.3 Å². The van der Waals surface area contributed by atoms with Crippen LogP contribution in [-0.2, 0) is 4.74 Å². The van der Waals surface area contributed by atoms with Crippen molar-refractivity contribution in [1.29, 1.82) is 0 Å². The summed E-state index contributed by atoms with van der Waals surface area (Å²) in [6.07, 6.45) is 1.89. The summed E-state index contributed by atoms with van der Waals surface area (Å²) in [5.74, 6) is 1.06. The maximum atomic E-state index is 11.8. The van der Waals surface area contributed by atoms with Gasteiger partial charge in [0.25, 0.3) is 0 Å². The first-order valence-corrected chi connectivity index (χ1v) is 6.79. The van der Waals surface area contributed by atoms with Crippen LogP contribution in [0.2, 0.25) is 0 Å². The van der Waals surface area contributed by atoms with Gasteiger partial charge < -0.3 is 9.47 Å². The molecule has 0 fully saturated rings. The van der Waals surface area contributed by atoms with Crippen molar-refractivity contribution in [3.8, 4) is 11.5 Å². The van der Waals surface area contributed by atoms with Crippen molar-refractivity contribution in [3.63, 3.8) is 0 Å². The zero-order valence-electron chi connectivity index (χ0n) is 11.5. The van der Waals surface area contributed by atoms with E-state index < -0.39 is 0 Å². The molecule has 0 amide bonds. The smallest absolute Gasteiger partial charge is 0.338 e. The van der Waals surface area contributed by atoms with Crippen LogP contribution in [0.25, 0.3) is 0 Å². The summed E-state index contributed by atoms with van der Waals surface area (Å²) in [5, 5.41) is 0. The number of esters is 1. The molecule has 0 radical (unpaired) electrons. The Morgan fingerprint density at radius 2 is 1.75 bits per heavy atom. The molecule has 3 heteroatoms. The van der Waals surface area contributed by atoms with Crippen LogP contribution in [0.4, 0.5) is 0 Å². The van der Waals surface area contributed by atoms with Gasteiger partial charge in [0.15, 0.2) is 0 Å². The predicted octanol–water partition coefficient (Wildman–Crippen LogP) is 4.44. The lowest BCUT2D eigenvalue weighted by molar-refractivity contribution is 0.0499. The largest absolute Gasteiger partial charge is 0.462 e. The first-order chi connectivity index (χ1) is 9.79. The molecular weight excluding hydrogens is 252 g/mol. The molecule has 0 spiro atoms. The van der Waals surface area contributed by atoms with Crippen LogP contribution < -0.4 is 4.74 Å². The molecule has 104 valence electrons. The molecule has 0 aromatic heterocycles. The van der Waals surface area contributed by atoms with Crippen LogP contribution in [-0.4, -0.2) is 12.6 Å². The van der Waals surface area contributed by atoms with Gasteiger partial charge in [-0.25, -0.2) is 4.79 Å². The molecule has 0 aliphatic heterocycles. The maximum absolute atomic E-state index is 11.8. The number of benzene rings is 2. The Bertz CT molecular complexity index is 549. The number of ether oxygens (including phenoxy) is 2. The zero-order valence-corrected chi connectivity index (χ0v) is 11.5. The lowest BCUT2D eigenvalue weighted by Crippen LogP contribution is -2.06. The molecule has 2 aromatic rings. The lowest BCUT2D eigenvalue weighted by Gasteiger charge is -2.07. The SMILES string of the molecule is CCCCOC(=O)c1cccc(Oc2ccccc2)c1. The third-order valence-electron chi connectivity index (χ3n) is 2.78. The van der Waals surface area contributed by atoms with Gasteiger partial charge in [0.2, 0.25) is 0 Å². The van der Waals surface area contributed by atoms with E-state index in [1.165, 1.54) is 0 Å². The minimum absolute atomic E-state index is 0.308. The van der Waals surface area contributed by atoms with Gasteiger partial charge in [0.05, 0.1) is 12.2 Å². The van der Waals surface area contributed by atoms with Crippen molar-refractivity contribution in [3.05, 3.63) is 60.2 Å². The molecule has 0 saturated heterocycles. The summed E-state index contributed by atoms with van der Waals surface area (Å²) < 4.78 is 10.9. The van der Waals surface area contributed by atoms with Crippen molar-refractivity contribution >= 4 is 5.97 Å². The molecule has 0 aliphatic carbocycles. The van der Waals surface area contributed by atoms with Gasteiger partial charge in [-0.1, -0.05) is 37.6 Å². The third-order valence-corrected chi connectivity index (χ3v) is 2.78. The fourth-order valence-corrected chi connectivity index (χ4v) is 1.70. The average Bonchev–Trinajstić information content (AvgIpc) is 2.49. The van der Waals surface area contributed by atoms with Gasteiger partial charge in [0, 0.05) is 0 Å². The molecule has 0 saturated carbocycles. The summed E-state index contributed by atoms with van der Waals surface area (Å²) in [6.45, 7) is 2.52. The Hall–Kier alpha value is -2.29. The number of hydrogen-bond donors (Lipinski definition) is 0. The molecule has 0 bridgehead atoms.